The summed E-state index contributed by atoms with van der Waals surface area (Å²) >= 11 is 11.5. The molecule has 0 unspecified atom stereocenters. The Labute approximate surface area is 107 Å². The second-order valence-corrected chi connectivity index (χ2v) is 3.83. The van der Waals surface area contributed by atoms with E-state index in [-0.39, 0.29) is 11.6 Å². The molecule has 7 heteroatoms. The molecule has 0 aliphatic carbocycles. The first-order valence-corrected chi connectivity index (χ1v) is 5.26. The Bertz CT molecular complexity index is 436. The summed E-state index contributed by atoms with van der Waals surface area (Å²) in [5.41, 5.74) is 4.80. The van der Waals surface area contributed by atoms with Crippen molar-refractivity contribution in [3.8, 4) is 5.75 Å². The van der Waals surface area contributed by atoms with Gasteiger partial charge in [-0.15, -0.1) is 0 Å². The van der Waals surface area contributed by atoms with Crippen LogP contribution in [0.2, 0.25) is 10.0 Å². The highest BCUT2D eigenvalue weighted by atomic mass is 35.5. The predicted molar refractivity (Wildman–Crippen MR) is 62.1 cm³/mol. The van der Waals surface area contributed by atoms with Crippen LogP contribution in [0, 0.1) is 0 Å². The average Bonchev–Trinajstić information content (AvgIpc) is 2.25. The van der Waals surface area contributed by atoms with Crippen LogP contribution in [0.4, 0.5) is 0 Å². The summed E-state index contributed by atoms with van der Waals surface area (Å²) < 4.78 is 9.55. The lowest BCUT2D eigenvalue weighted by Crippen LogP contribution is -2.23. The molecule has 0 spiro atoms. The second-order valence-electron chi connectivity index (χ2n) is 2.99. The second kappa shape index (κ2) is 6.32. The Morgan fingerprint density at radius 1 is 1.24 bits per heavy atom. The smallest absolute Gasteiger partial charge is 0.344 e. The molecule has 0 bridgehead atoms. The summed E-state index contributed by atoms with van der Waals surface area (Å²) in [5, 5.41) is 0.735. The Balaban J connectivity index is 2.44. The monoisotopic (exact) mass is 277 g/mol. The zero-order chi connectivity index (χ0) is 12.8. The van der Waals surface area contributed by atoms with Crippen molar-refractivity contribution < 1.29 is 19.1 Å². The maximum Gasteiger partial charge on any atom is 0.344 e. The topological polar surface area (TPSA) is 78.6 Å². The molecule has 0 saturated carbocycles. The number of hydrogen-bond acceptors (Lipinski definition) is 4. The van der Waals surface area contributed by atoms with Crippen LogP contribution in [0.1, 0.15) is 0 Å². The zero-order valence-corrected chi connectivity index (χ0v) is 10.1. The third-order valence-corrected chi connectivity index (χ3v) is 2.15. The van der Waals surface area contributed by atoms with Gasteiger partial charge in [0.1, 0.15) is 5.75 Å². The van der Waals surface area contributed by atoms with Gasteiger partial charge in [0.05, 0.1) is 5.02 Å². The van der Waals surface area contributed by atoms with Crippen molar-refractivity contribution in [1.82, 2.24) is 0 Å². The molecule has 1 amide bonds. The van der Waals surface area contributed by atoms with Gasteiger partial charge in [0.15, 0.2) is 13.2 Å². The van der Waals surface area contributed by atoms with E-state index in [1.165, 1.54) is 12.1 Å². The molecule has 0 aromatic heterocycles. The molecule has 1 rings (SSSR count). The molecule has 0 radical (unpaired) electrons. The molecular formula is C10H9Cl2NO4. The molecule has 0 aliphatic heterocycles. The van der Waals surface area contributed by atoms with E-state index >= 15 is 0 Å². The van der Waals surface area contributed by atoms with Crippen molar-refractivity contribution in [3.63, 3.8) is 0 Å². The Kier molecular flexibility index (Phi) is 5.06. The van der Waals surface area contributed by atoms with Crippen molar-refractivity contribution >= 4 is 35.1 Å². The third-order valence-electron chi connectivity index (χ3n) is 1.61. The lowest BCUT2D eigenvalue weighted by molar-refractivity contribution is -0.149. The van der Waals surface area contributed by atoms with Gasteiger partial charge in [0.25, 0.3) is 5.91 Å². The molecular weight excluding hydrogens is 269 g/mol. The fraction of sp³-hybridized carbons (Fsp3) is 0.200. The number of nitrogens with two attached hydrogens (primary N) is 1. The lowest BCUT2D eigenvalue weighted by atomic mass is 10.3. The van der Waals surface area contributed by atoms with E-state index in [2.05, 4.69) is 4.74 Å². The number of halogens is 2. The summed E-state index contributed by atoms with van der Waals surface area (Å²) in [6, 6.07) is 4.57. The summed E-state index contributed by atoms with van der Waals surface area (Å²) in [6.45, 7) is -0.842. The van der Waals surface area contributed by atoms with E-state index in [0.717, 1.165) is 0 Å². The number of hydrogen-bond donors (Lipinski definition) is 1. The van der Waals surface area contributed by atoms with E-state index < -0.39 is 18.5 Å². The van der Waals surface area contributed by atoms with Crippen LogP contribution in [0.25, 0.3) is 0 Å². The Hall–Kier alpha value is -1.46. The highest BCUT2D eigenvalue weighted by molar-refractivity contribution is 6.35. The van der Waals surface area contributed by atoms with Crippen molar-refractivity contribution in [2.24, 2.45) is 5.73 Å². The Morgan fingerprint density at radius 2 is 1.94 bits per heavy atom. The Morgan fingerprint density at radius 3 is 2.53 bits per heavy atom. The minimum absolute atomic E-state index is 0.278. The van der Waals surface area contributed by atoms with Crippen LogP contribution in [0.3, 0.4) is 0 Å². The molecule has 0 saturated heterocycles. The molecule has 92 valence electrons. The molecule has 0 atom stereocenters. The molecule has 5 nitrogen and oxygen atoms in total. The predicted octanol–water partition coefficient (Wildman–Crippen LogP) is 1.40. The van der Waals surface area contributed by atoms with Crippen LogP contribution >= 0.6 is 23.2 Å². The van der Waals surface area contributed by atoms with Gasteiger partial charge in [-0.1, -0.05) is 23.2 Å². The van der Waals surface area contributed by atoms with Crippen LogP contribution in [0.5, 0.6) is 5.75 Å². The van der Waals surface area contributed by atoms with E-state index in [1.807, 2.05) is 0 Å². The van der Waals surface area contributed by atoms with Crippen LogP contribution in [-0.2, 0) is 14.3 Å². The number of amides is 1. The lowest BCUT2D eigenvalue weighted by Gasteiger charge is -2.07. The van der Waals surface area contributed by atoms with Gasteiger partial charge in [0, 0.05) is 5.02 Å². The molecule has 17 heavy (non-hydrogen) atoms. The molecule has 0 fully saturated rings. The molecule has 0 heterocycles. The summed E-state index contributed by atoms with van der Waals surface area (Å²) in [7, 11) is 0. The molecule has 1 aromatic carbocycles. The first kappa shape index (κ1) is 13.6. The molecule has 0 aliphatic rings. The average molecular weight is 278 g/mol. The first-order chi connectivity index (χ1) is 7.99. The standard InChI is InChI=1S/C10H9Cl2NO4/c11-6-1-2-8(7(12)3-6)16-5-10(15)17-4-9(13)14/h1-3H,4-5H2,(H2,13,14). The van der Waals surface area contributed by atoms with E-state index in [0.29, 0.717) is 10.8 Å². The summed E-state index contributed by atoms with van der Waals surface area (Å²) in [5.74, 6) is -1.15. The number of primary amides is 1. The van der Waals surface area contributed by atoms with Crippen LogP contribution < -0.4 is 10.5 Å². The van der Waals surface area contributed by atoms with Crippen molar-refractivity contribution in [1.29, 1.82) is 0 Å². The van der Waals surface area contributed by atoms with E-state index in [4.69, 9.17) is 33.7 Å². The minimum atomic E-state index is -0.733. The van der Waals surface area contributed by atoms with Crippen molar-refractivity contribution in [3.05, 3.63) is 28.2 Å². The zero-order valence-electron chi connectivity index (χ0n) is 8.61. The maximum atomic E-state index is 11.1. The fourth-order valence-electron chi connectivity index (χ4n) is 0.922. The van der Waals surface area contributed by atoms with Gasteiger partial charge >= 0.3 is 5.97 Å². The molecule has 2 N–H and O–H groups in total. The largest absolute Gasteiger partial charge is 0.480 e. The van der Waals surface area contributed by atoms with Gasteiger partial charge in [-0.2, -0.15) is 0 Å². The van der Waals surface area contributed by atoms with Gasteiger partial charge < -0.3 is 15.2 Å². The number of carbonyl (C=O) groups excluding carboxylic acids is 2. The minimum Gasteiger partial charge on any atom is -0.480 e. The van der Waals surface area contributed by atoms with Crippen LogP contribution in [0.15, 0.2) is 18.2 Å². The van der Waals surface area contributed by atoms with Crippen molar-refractivity contribution in [2.75, 3.05) is 13.2 Å². The highest BCUT2D eigenvalue weighted by Crippen LogP contribution is 2.27. The van der Waals surface area contributed by atoms with Gasteiger partial charge in [-0.3, -0.25) is 4.79 Å². The summed E-state index contributed by atoms with van der Waals surface area (Å²) in [4.78, 5) is 21.4. The number of esters is 1. The number of ether oxygens (including phenoxy) is 2. The van der Waals surface area contributed by atoms with E-state index in [1.54, 1.807) is 6.07 Å². The third kappa shape index (κ3) is 4.93. The SMILES string of the molecule is NC(=O)COC(=O)COc1ccc(Cl)cc1Cl. The summed E-state index contributed by atoms with van der Waals surface area (Å²) in [6.07, 6.45) is 0. The van der Waals surface area contributed by atoms with Gasteiger partial charge in [-0.05, 0) is 18.2 Å². The van der Waals surface area contributed by atoms with Crippen molar-refractivity contribution in [2.45, 2.75) is 0 Å². The van der Waals surface area contributed by atoms with Crippen LogP contribution in [-0.4, -0.2) is 25.1 Å². The van der Waals surface area contributed by atoms with Gasteiger partial charge in [0.2, 0.25) is 0 Å². The fourth-order valence-corrected chi connectivity index (χ4v) is 1.39. The number of benzene rings is 1. The number of rotatable bonds is 5. The first-order valence-electron chi connectivity index (χ1n) is 4.51. The van der Waals surface area contributed by atoms with Gasteiger partial charge in [-0.25, -0.2) is 4.79 Å². The normalized spacial score (nSPS) is 9.76. The quantitative estimate of drug-likeness (QED) is 0.826. The van der Waals surface area contributed by atoms with E-state index in [9.17, 15) is 9.59 Å². The molecule has 1 aromatic rings. The number of carbonyl (C=O) groups is 2. The highest BCUT2D eigenvalue weighted by Gasteiger charge is 2.08. The maximum absolute atomic E-state index is 11.1.